The highest BCUT2D eigenvalue weighted by atomic mass is 79.9. The lowest BCUT2D eigenvalue weighted by Crippen LogP contribution is -2.31. The number of rotatable bonds is 9. The van der Waals surface area contributed by atoms with Gasteiger partial charge in [0.25, 0.3) is 0 Å². The summed E-state index contributed by atoms with van der Waals surface area (Å²) in [6, 6.07) is 13.5. The molecule has 0 radical (unpaired) electrons. The second-order valence-corrected chi connectivity index (χ2v) is 6.59. The maximum atomic E-state index is 10.4. The Balaban J connectivity index is 2.05. The van der Waals surface area contributed by atoms with E-state index in [4.69, 9.17) is 9.47 Å². The predicted molar refractivity (Wildman–Crippen MR) is 104 cm³/mol. The van der Waals surface area contributed by atoms with Crippen molar-refractivity contribution in [2.24, 2.45) is 0 Å². The van der Waals surface area contributed by atoms with E-state index in [9.17, 15) is 5.11 Å². The Labute approximate surface area is 157 Å². The summed E-state index contributed by atoms with van der Waals surface area (Å²) in [4.78, 5) is 0. The molecule has 2 rings (SSSR count). The number of nitrogens with one attached hydrogen (secondary N) is 1. The number of methoxy groups -OCH3 is 1. The van der Waals surface area contributed by atoms with Crippen LogP contribution in [-0.2, 0) is 6.54 Å². The lowest BCUT2D eigenvalue weighted by molar-refractivity contribution is 0.135. The van der Waals surface area contributed by atoms with Crippen molar-refractivity contribution >= 4 is 15.9 Å². The van der Waals surface area contributed by atoms with Crippen LogP contribution in [-0.4, -0.2) is 24.9 Å². The minimum absolute atomic E-state index is 0.0936. The van der Waals surface area contributed by atoms with Crippen LogP contribution in [0.3, 0.4) is 0 Å². The monoisotopic (exact) mass is 405 g/mol. The molecule has 0 amide bonds. The lowest BCUT2D eigenvalue weighted by atomic mass is 10.0. The van der Waals surface area contributed by atoms with E-state index in [0.29, 0.717) is 24.7 Å². The van der Waals surface area contributed by atoms with E-state index in [0.717, 1.165) is 15.6 Å². The van der Waals surface area contributed by atoms with Crippen molar-refractivity contribution in [1.82, 2.24) is 5.32 Å². The first kappa shape index (κ1) is 19.5. The van der Waals surface area contributed by atoms with Gasteiger partial charge in [-0.1, -0.05) is 43.0 Å². The molecular weight excluding hydrogens is 382 g/mol. The van der Waals surface area contributed by atoms with E-state index in [1.54, 1.807) is 13.2 Å². The van der Waals surface area contributed by atoms with Gasteiger partial charge in [0.2, 0.25) is 0 Å². The molecule has 2 aromatic rings. The molecule has 2 aromatic carbocycles. The minimum atomic E-state index is -0.568. The highest BCUT2D eigenvalue weighted by Gasteiger charge is 2.16. The second-order valence-electron chi connectivity index (χ2n) is 5.73. The number of aliphatic hydroxyl groups excluding tert-OH is 1. The molecule has 0 spiro atoms. The van der Waals surface area contributed by atoms with E-state index in [1.807, 2.05) is 49.4 Å². The molecule has 0 heterocycles. The van der Waals surface area contributed by atoms with Gasteiger partial charge in [0.1, 0.15) is 6.61 Å². The zero-order chi connectivity index (χ0) is 18.2. The fourth-order valence-corrected chi connectivity index (χ4v) is 3.09. The maximum Gasteiger partial charge on any atom is 0.175 e. The molecule has 134 valence electrons. The molecule has 0 fully saturated rings. The van der Waals surface area contributed by atoms with Gasteiger partial charge < -0.3 is 19.9 Å². The van der Waals surface area contributed by atoms with Gasteiger partial charge in [-0.3, -0.25) is 0 Å². The Morgan fingerprint density at radius 1 is 1.28 bits per heavy atom. The third-order valence-electron chi connectivity index (χ3n) is 3.88. The van der Waals surface area contributed by atoms with E-state index >= 15 is 0 Å². The quantitative estimate of drug-likeness (QED) is 0.612. The van der Waals surface area contributed by atoms with Gasteiger partial charge in [-0.05, 0) is 46.1 Å². The normalized spacial score (nSPS) is 13.1. The molecule has 0 bridgehead atoms. The van der Waals surface area contributed by atoms with Crippen molar-refractivity contribution in [2.45, 2.75) is 25.6 Å². The Hall–Kier alpha value is -1.82. The first-order valence-electron chi connectivity index (χ1n) is 8.13. The Kier molecular flexibility index (Phi) is 7.50. The third-order valence-corrected chi connectivity index (χ3v) is 4.47. The van der Waals surface area contributed by atoms with Crippen LogP contribution in [0.5, 0.6) is 11.5 Å². The molecule has 25 heavy (non-hydrogen) atoms. The van der Waals surface area contributed by atoms with Crippen molar-refractivity contribution in [1.29, 1.82) is 0 Å². The van der Waals surface area contributed by atoms with Gasteiger partial charge in [-0.15, -0.1) is 0 Å². The summed E-state index contributed by atoms with van der Waals surface area (Å²) in [6.07, 6.45) is 1.12. The fraction of sp³-hybridized carbons (Fsp3) is 0.300. The van der Waals surface area contributed by atoms with Gasteiger partial charge >= 0.3 is 0 Å². The first-order valence-corrected chi connectivity index (χ1v) is 8.92. The van der Waals surface area contributed by atoms with Crippen molar-refractivity contribution in [3.05, 3.63) is 70.7 Å². The van der Waals surface area contributed by atoms with E-state index in [1.165, 1.54) is 0 Å². The molecule has 2 unspecified atom stereocenters. The summed E-state index contributed by atoms with van der Waals surface area (Å²) >= 11 is 3.53. The topological polar surface area (TPSA) is 50.7 Å². The summed E-state index contributed by atoms with van der Waals surface area (Å²) in [5, 5.41) is 13.8. The van der Waals surface area contributed by atoms with Crippen LogP contribution in [0.1, 0.15) is 24.2 Å². The van der Waals surface area contributed by atoms with Crippen LogP contribution in [0.4, 0.5) is 0 Å². The first-order chi connectivity index (χ1) is 12.1. The molecule has 5 heteroatoms. The van der Waals surface area contributed by atoms with Crippen molar-refractivity contribution in [3.63, 3.8) is 0 Å². The molecule has 2 N–H and O–H groups in total. The number of halogens is 1. The smallest absolute Gasteiger partial charge is 0.175 e. The largest absolute Gasteiger partial charge is 0.493 e. The summed E-state index contributed by atoms with van der Waals surface area (Å²) in [7, 11) is 1.61. The highest BCUT2D eigenvalue weighted by molar-refractivity contribution is 9.10. The molecular formula is C20H24BrNO3. The summed E-state index contributed by atoms with van der Waals surface area (Å²) in [5.41, 5.74) is 1.93. The lowest BCUT2D eigenvalue weighted by Gasteiger charge is -2.21. The Morgan fingerprint density at radius 3 is 2.64 bits per heavy atom. The van der Waals surface area contributed by atoms with Crippen LogP contribution >= 0.6 is 15.9 Å². The zero-order valence-corrected chi connectivity index (χ0v) is 16.1. The molecule has 0 aromatic heterocycles. The van der Waals surface area contributed by atoms with Crippen molar-refractivity contribution < 1.29 is 14.6 Å². The number of benzene rings is 2. The minimum Gasteiger partial charge on any atom is -0.493 e. The maximum absolute atomic E-state index is 10.4. The van der Waals surface area contributed by atoms with Gasteiger partial charge in [0.15, 0.2) is 11.5 Å². The molecule has 0 aliphatic carbocycles. The molecule has 0 saturated heterocycles. The molecule has 2 atom stereocenters. The zero-order valence-electron chi connectivity index (χ0n) is 14.5. The van der Waals surface area contributed by atoms with Crippen LogP contribution < -0.4 is 14.8 Å². The van der Waals surface area contributed by atoms with Gasteiger partial charge in [0, 0.05) is 12.6 Å². The average Bonchev–Trinajstić information content (AvgIpc) is 2.64. The van der Waals surface area contributed by atoms with Gasteiger partial charge in [-0.2, -0.15) is 0 Å². The Morgan fingerprint density at radius 2 is 2.00 bits per heavy atom. The van der Waals surface area contributed by atoms with Crippen LogP contribution in [0.25, 0.3) is 0 Å². The molecule has 0 aliphatic heterocycles. The average molecular weight is 406 g/mol. The van der Waals surface area contributed by atoms with Gasteiger partial charge in [-0.25, -0.2) is 0 Å². The van der Waals surface area contributed by atoms with Gasteiger partial charge in [0.05, 0.1) is 17.7 Å². The van der Waals surface area contributed by atoms with Crippen LogP contribution in [0.2, 0.25) is 0 Å². The summed E-state index contributed by atoms with van der Waals surface area (Å²) < 4.78 is 11.9. The highest BCUT2D eigenvalue weighted by Crippen LogP contribution is 2.36. The van der Waals surface area contributed by atoms with E-state index in [-0.39, 0.29) is 6.04 Å². The summed E-state index contributed by atoms with van der Waals surface area (Å²) in [5.74, 6) is 1.31. The molecule has 0 saturated carbocycles. The fourth-order valence-electron chi connectivity index (χ4n) is 2.49. The molecule has 4 nitrogen and oxygen atoms in total. The second kappa shape index (κ2) is 9.61. The number of hydrogen-bond donors (Lipinski definition) is 2. The number of hydrogen-bond acceptors (Lipinski definition) is 4. The van der Waals surface area contributed by atoms with Crippen molar-refractivity contribution in [2.75, 3.05) is 13.7 Å². The third kappa shape index (κ3) is 5.33. The molecule has 0 aliphatic rings. The number of ether oxygens (including phenoxy) is 2. The van der Waals surface area contributed by atoms with Crippen LogP contribution in [0.15, 0.2) is 59.6 Å². The van der Waals surface area contributed by atoms with E-state index in [2.05, 4.69) is 27.8 Å². The SMILES string of the molecule is C=CCOc1c(Br)cc(CNC(C)C(O)c2ccccc2)cc1OC. The van der Waals surface area contributed by atoms with Crippen LogP contribution in [0, 0.1) is 0 Å². The summed E-state index contributed by atoms with van der Waals surface area (Å²) in [6.45, 7) is 6.63. The van der Waals surface area contributed by atoms with E-state index < -0.39 is 6.10 Å². The number of aliphatic hydroxyl groups is 1. The Bertz CT molecular complexity index is 691. The van der Waals surface area contributed by atoms with Crippen molar-refractivity contribution in [3.8, 4) is 11.5 Å². The predicted octanol–water partition coefficient (Wildman–Crippen LogP) is 4.23. The standard InChI is InChI=1S/C20H24BrNO3/c1-4-10-25-20-17(21)11-15(12-18(20)24-3)13-22-14(2)19(23)16-8-6-5-7-9-16/h4-9,11-12,14,19,22-23H,1,10,13H2,2-3H3.